The molecule has 1 N–H and O–H groups in total. The standard InChI is InChI=1S/C13H19N3/c1-9(7-10-5-6-10)16-13-11-3-2-4-12(11)14-8-15-13/h8-10H,2-7H2,1H3,(H,14,15,16). The highest BCUT2D eigenvalue weighted by molar-refractivity contribution is 5.48. The van der Waals surface area contributed by atoms with Crippen molar-refractivity contribution in [3.63, 3.8) is 0 Å². The summed E-state index contributed by atoms with van der Waals surface area (Å²) in [5, 5.41) is 3.56. The van der Waals surface area contributed by atoms with Crippen LogP contribution in [0.15, 0.2) is 6.33 Å². The molecule has 0 radical (unpaired) electrons. The molecule has 86 valence electrons. The summed E-state index contributed by atoms with van der Waals surface area (Å²) in [5.74, 6) is 2.06. The monoisotopic (exact) mass is 217 g/mol. The zero-order valence-electron chi connectivity index (χ0n) is 9.87. The molecule has 1 fully saturated rings. The fourth-order valence-corrected chi connectivity index (χ4v) is 2.63. The maximum Gasteiger partial charge on any atom is 0.133 e. The second-order valence-corrected chi connectivity index (χ2v) is 5.23. The number of nitrogens with one attached hydrogen (secondary N) is 1. The molecule has 1 saturated carbocycles. The molecule has 0 spiro atoms. The number of anilines is 1. The molecule has 3 rings (SSSR count). The minimum Gasteiger partial charge on any atom is -0.367 e. The maximum absolute atomic E-state index is 4.40. The summed E-state index contributed by atoms with van der Waals surface area (Å²) in [6.45, 7) is 2.27. The van der Waals surface area contributed by atoms with Gasteiger partial charge in [-0.1, -0.05) is 12.8 Å². The van der Waals surface area contributed by atoms with Gasteiger partial charge in [0.15, 0.2) is 0 Å². The van der Waals surface area contributed by atoms with Gasteiger partial charge in [-0.2, -0.15) is 0 Å². The van der Waals surface area contributed by atoms with Crippen LogP contribution in [0.4, 0.5) is 5.82 Å². The van der Waals surface area contributed by atoms with Crippen molar-refractivity contribution in [2.24, 2.45) is 5.92 Å². The van der Waals surface area contributed by atoms with Crippen molar-refractivity contribution in [3.8, 4) is 0 Å². The van der Waals surface area contributed by atoms with Gasteiger partial charge < -0.3 is 5.32 Å². The summed E-state index contributed by atoms with van der Waals surface area (Å²) in [7, 11) is 0. The number of aromatic nitrogens is 2. The maximum atomic E-state index is 4.40. The van der Waals surface area contributed by atoms with Crippen molar-refractivity contribution in [3.05, 3.63) is 17.6 Å². The average Bonchev–Trinajstić information content (AvgIpc) is 2.94. The van der Waals surface area contributed by atoms with Gasteiger partial charge in [-0.15, -0.1) is 0 Å². The van der Waals surface area contributed by atoms with Gasteiger partial charge in [0.05, 0.1) is 0 Å². The van der Waals surface area contributed by atoms with Gasteiger partial charge in [0.2, 0.25) is 0 Å². The van der Waals surface area contributed by atoms with E-state index in [1.165, 1.54) is 36.9 Å². The first-order chi connectivity index (χ1) is 7.83. The largest absolute Gasteiger partial charge is 0.367 e. The van der Waals surface area contributed by atoms with E-state index in [0.29, 0.717) is 6.04 Å². The SMILES string of the molecule is CC(CC1CC1)Nc1ncnc2c1CCC2. The highest BCUT2D eigenvalue weighted by Crippen LogP contribution is 2.34. The number of rotatable bonds is 4. The molecule has 0 amide bonds. The van der Waals surface area contributed by atoms with E-state index in [2.05, 4.69) is 22.2 Å². The van der Waals surface area contributed by atoms with Gasteiger partial charge >= 0.3 is 0 Å². The highest BCUT2D eigenvalue weighted by Gasteiger charge is 2.24. The summed E-state index contributed by atoms with van der Waals surface area (Å²) in [6.07, 6.45) is 9.36. The summed E-state index contributed by atoms with van der Waals surface area (Å²) in [5.41, 5.74) is 2.63. The van der Waals surface area contributed by atoms with E-state index >= 15 is 0 Å². The molecule has 3 heteroatoms. The van der Waals surface area contributed by atoms with Crippen molar-refractivity contribution in [2.75, 3.05) is 5.32 Å². The second-order valence-electron chi connectivity index (χ2n) is 5.23. The molecule has 0 bridgehead atoms. The molecule has 2 aliphatic rings. The first-order valence-corrected chi connectivity index (χ1v) is 6.42. The van der Waals surface area contributed by atoms with Gasteiger partial charge in [0.1, 0.15) is 12.1 Å². The predicted molar refractivity (Wildman–Crippen MR) is 64.5 cm³/mol. The normalized spacial score (nSPS) is 20.6. The average molecular weight is 217 g/mol. The van der Waals surface area contributed by atoms with Crippen LogP contribution in [0.25, 0.3) is 0 Å². The fraction of sp³-hybridized carbons (Fsp3) is 0.692. The first kappa shape index (κ1) is 10.1. The van der Waals surface area contributed by atoms with Crippen molar-refractivity contribution in [1.29, 1.82) is 0 Å². The zero-order valence-corrected chi connectivity index (χ0v) is 9.87. The quantitative estimate of drug-likeness (QED) is 0.842. The lowest BCUT2D eigenvalue weighted by atomic mass is 10.1. The van der Waals surface area contributed by atoms with Crippen LogP contribution in [0.2, 0.25) is 0 Å². The van der Waals surface area contributed by atoms with Crippen molar-refractivity contribution in [2.45, 2.75) is 51.5 Å². The molecule has 0 aromatic carbocycles. The van der Waals surface area contributed by atoms with Gasteiger partial charge in [0.25, 0.3) is 0 Å². The Hall–Kier alpha value is -1.12. The minimum atomic E-state index is 0.548. The van der Waals surface area contributed by atoms with Crippen molar-refractivity contribution >= 4 is 5.82 Å². The van der Waals surface area contributed by atoms with E-state index in [4.69, 9.17) is 0 Å². The van der Waals surface area contributed by atoms with E-state index in [0.717, 1.165) is 24.6 Å². The van der Waals surface area contributed by atoms with Crippen LogP contribution < -0.4 is 5.32 Å². The Morgan fingerprint density at radius 1 is 1.38 bits per heavy atom. The molecular formula is C13H19N3. The molecule has 3 nitrogen and oxygen atoms in total. The number of fused-ring (bicyclic) bond motifs is 1. The Morgan fingerprint density at radius 3 is 3.06 bits per heavy atom. The summed E-state index contributed by atoms with van der Waals surface area (Å²) in [6, 6.07) is 0.548. The topological polar surface area (TPSA) is 37.8 Å². The molecule has 1 aromatic rings. The van der Waals surface area contributed by atoms with Crippen LogP contribution in [0.1, 0.15) is 43.9 Å². The first-order valence-electron chi connectivity index (χ1n) is 6.42. The zero-order chi connectivity index (χ0) is 11.0. The van der Waals surface area contributed by atoms with E-state index in [-0.39, 0.29) is 0 Å². The minimum absolute atomic E-state index is 0.548. The Morgan fingerprint density at radius 2 is 2.25 bits per heavy atom. The van der Waals surface area contributed by atoms with Gasteiger partial charge in [-0.25, -0.2) is 9.97 Å². The summed E-state index contributed by atoms with van der Waals surface area (Å²) < 4.78 is 0. The molecule has 2 aliphatic carbocycles. The van der Waals surface area contributed by atoms with Crippen LogP contribution in [0, 0.1) is 5.92 Å². The lowest BCUT2D eigenvalue weighted by Crippen LogP contribution is -2.18. The number of hydrogen-bond donors (Lipinski definition) is 1. The molecule has 16 heavy (non-hydrogen) atoms. The smallest absolute Gasteiger partial charge is 0.133 e. The lowest BCUT2D eigenvalue weighted by Gasteiger charge is -2.16. The van der Waals surface area contributed by atoms with E-state index in [1.807, 2.05) is 0 Å². The van der Waals surface area contributed by atoms with Crippen LogP contribution >= 0.6 is 0 Å². The van der Waals surface area contributed by atoms with E-state index < -0.39 is 0 Å². The van der Waals surface area contributed by atoms with Gasteiger partial charge in [-0.3, -0.25) is 0 Å². The van der Waals surface area contributed by atoms with Crippen molar-refractivity contribution < 1.29 is 0 Å². The molecule has 1 unspecified atom stereocenters. The third kappa shape index (κ3) is 2.04. The van der Waals surface area contributed by atoms with Gasteiger partial charge in [0, 0.05) is 17.3 Å². The Bertz CT molecular complexity index is 385. The number of hydrogen-bond acceptors (Lipinski definition) is 3. The van der Waals surface area contributed by atoms with Crippen LogP contribution in [-0.4, -0.2) is 16.0 Å². The van der Waals surface area contributed by atoms with Crippen molar-refractivity contribution in [1.82, 2.24) is 9.97 Å². The summed E-state index contributed by atoms with van der Waals surface area (Å²) in [4.78, 5) is 8.75. The van der Waals surface area contributed by atoms with Crippen LogP contribution in [0.5, 0.6) is 0 Å². The van der Waals surface area contributed by atoms with E-state index in [1.54, 1.807) is 6.33 Å². The Balaban J connectivity index is 1.71. The molecule has 0 saturated heterocycles. The number of aryl methyl sites for hydroxylation is 1. The third-order valence-electron chi connectivity index (χ3n) is 3.64. The highest BCUT2D eigenvalue weighted by atomic mass is 15.0. The van der Waals surface area contributed by atoms with Crippen LogP contribution in [-0.2, 0) is 12.8 Å². The fourth-order valence-electron chi connectivity index (χ4n) is 2.63. The van der Waals surface area contributed by atoms with Gasteiger partial charge in [-0.05, 0) is 38.5 Å². The van der Waals surface area contributed by atoms with Crippen LogP contribution in [0.3, 0.4) is 0 Å². The molecule has 1 heterocycles. The third-order valence-corrected chi connectivity index (χ3v) is 3.64. The molecular weight excluding hydrogens is 198 g/mol. The second kappa shape index (κ2) is 4.04. The Labute approximate surface area is 96.7 Å². The summed E-state index contributed by atoms with van der Waals surface area (Å²) >= 11 is 0. The predicted octanol–water partition coefficient (Wildman–Crippen LogP) is 2.57. The molecule has 1 aromatic heterocycles. The van der Waals surface area contributed by atoms with E-state index in [9.17, 15) is 0 Å². The molecule has 0 aliphatic heterocycles. The Kier molecular flexibility index (Phi) is 2.54. The molecule has 1 atom stereocenters. The number of nitrogens with zero attached hydrogens (tertiary/aromatic N) is 2. The lowest BCUT2D eigenvalue weighted by molar-refractivity contribution is 0.639.